The third kappa shape index (κ3) is 38.5. The Kier molecular flexibility index (Phi) is 41.8. The maximum absolute atomic E-state index is 12.8. The average Bonchev–Trinajstić information content (AvgIpc) is 3.58. The van der Waals surface area contributed by atoms with Crippen LogP contribution in [0.25, 0.3) is 0 Å². The minimum absolute atomic E-state index is 0. The predicted molar refractivity (Wildman–Crippen MR) is 244 cm³/mol. The standard InChI is InChI=1S/C48H85N2O13P.Na/c1-3-5-7-9-11-13-15-17-18-20-22-24-26-28-30-34-47(55)62-42(40-59-46(54)33-29-27-25-23-21-19-16-14-12-10-8-6-4-2)41-61-64(57,58)60-39-38-49-43(51)32-31-35-48(56)63-50-44(52)36-37-45(50)53;/h17-18,42H,3-16,19-41H2,1-2H3,(H,49,51)(H,57,58);/q;+1/p-1/b18-17-;/t42-;/m1./s1. The van der Waals surface area contributed by atoms with Gasteiger partial charge in [-0.15, -0.1) is 5.06 Å². The van der Waals surface area contributed by atoms with Crippen LogP contribution in [0.5, 0.6) is 0 Å². The molecule has 0 saturated carbocycles. The topological polar surface area (TPSA) is 204 Å². The monoisotopic (exact) mass is 951 g/mol. The molecule has 1 unspecified atom stereocenters. The van der Waals surface area contributed by atoms with E-state index in [2.05, 4.69) is 31.3 Å². The number of phosphoric ester groups is 1. The zero-order chi connectivity index (χ0) is 46.9. The summed E-state index contributed by atoms with van der Waals surface area (Å²) in [6.45, 7) is 2.82. The number of amides is 3. The molecule has 0 aromatic carbocycles. The molecule has 0 radical (unpaired) electrons. The first-order valence-electron chi connectivity index (χ1n) is 24.9. The van der Waals surface area contributed by atoms with E-state index in [1.165, 1.54) is 96.3 Å². The molecule has 1 aliphatic rings. The van der Waals surface area contributed by atoms with Gasteiger partial charge in [0.05, 0.1) is 13.2 Å². The van der Waals surface area contributed by atoms with Gasteiger partial charge in [0.1, 0.15) is 6.61 Å². The van der Waals surface area contributed by atoms with Crippen molar-refractivity contribution in [2.45, 2.75) is 232 Å². The molecule has 65 heavy (non-hydrogen) atoms. The Morgan fingerprint density at radius 3 is 1.55 bits per heavy atom. The van der Waals surface area contributed by atoms with E-state index in [0.717, 1.165) is 57.8 Å². The molecule has 15 nitrogen and oxygen atoms in total. The zero-order valence-electron chi connectivity index (χ0n) is 40.6. The number of carbonyl (C=O) groups is 6. The molecule has 17 heteroatoms. The molecular formula is C48H84N2NaO13P. The summed E-state index contributed by atoms with van der Waals surface area (Å²) in [6.07, 6.45) is 33.3. The van der Waals surface area contributed by atoms with E-state index >= 15 is 0 Å². The molecule has 1 N–H and O–H groups in total. The molecule has 2 atom stereocenters. The molecular weight excluding hydrogens is 866 g/mol. The van der Waals surface area contributed by atoms with Crippen LogP contribution < -0.4 is 39.8 Å². The number of hydrogen-bond donors (Lipinski definition) is 1. The molecule has 0 aliphatic carbocycles. The van der Waals surface area contributed by atoms with E-state index < -0.39 is 62.8 Å². The molecule has 1 fully saturated rings. The Labute approximate surface area is 413 Å². The Morgan fingerprint density at radius 2 is 1.05 bits per heavy atom. The smallest absolute Gasteiger partial charge is 0.756 e. The van der Waals surface area contributed by atoms with Crippen LogP contribution in [0.1, 0.15) is 226 Å². The first-order valence-corrected chi connectivity index (χ1v) is 26.4. The van der Waals surface area contributed by atoms with Gasteiger partial charge in [-0.25, -0.2) is 4.79 Å². The van der Waals surface area contributed by atoms with Gasteiger partial charge in [-0.1, -0.05) is 154 Å². The van der Waals surface area contributed by atoms with Crippen molar-refractivity contribution >= 4 is 43.5 Å². The third-order valence-electron chi connectivity index (χ3n) is 10.9. The number of ether oxygens (including phenoxy) is 2. The molecule has 0 aromatic rings. The summed E-state index contributed by atoms with van der Waals surface area (Å²) >= 11 is 0. The number of nitrogens with one attached hydrogen (secondary N) is 1. The number of allylic oxidation sites excluding steroid dienone is 2. The van der Waals surface area contributed by atoms with E-state index in [0.29, 0.717) is 17.9 Å². The van der Waals surface area contributed by atoms with Crippen molar-refractivity contribution in [2.75, 3.05) is 26.4 Å². The van der Waals surface area contributed by atoms with Gasteiger partial charge in [0.15, 0.2) is 6.10 Å². The summed E-state index contributed by atoms with van der Waals surface area (Å²) in [4.78, 5) is 89.8. The largest absolute Gasteiger partial charge is 1.00 e. The number of hydrogen-bond acceptors (Lipinski definition) is 13. The molecule has 1 rings (SSSR count). The van der Waals surface area contributed by atoms with Crippen molar-refractivity contribution in [2.24, 2.45) is 0 Å². The Bertz CT molecular complexity index is 1350. The molecule has 0 bridgehead atoms. The van der Waals surface area contributed by atoms with E-state index in [-0.39, 0.29) is 87.7 Å². The van der Waals surface area contributed by atoms with Crippen LogP contribution in [0.4, 0.5) is 0 Å². The van der Waals surface area contributed by atoms with Crippen molar-refractivity contribution in [3.8, 4) is 0 Å². The van der Waals surface area contributed by atoms with E-state index in [1.54, 1.807) is 0 Å². The van der Waals surface area contributed by atoms with Crippen molar-refractivity contribution in [1.82, 2.24) is 10.4 Å². The Morgan fingerprint density at radius 1 is 0.600 bits per heavy atom. The van der Waals surface area contributed by atoms with Gasteiger partial charge in [0.25, 0.3) is 19.6 Å². The second-order valence-electron chi connectivity index (χ2n) is 16.9. The summed E-state index contributed by atoms with van der Waals surface area (Å²) in [5.74, 6) is -3.54. The van der Waals surface area contributed by atoms with Crippen LogP contribution in [-0.2, 0) is 56.7 Å². The van der Waals surface area contributed by atoms with E-state index in [4.69, 9.17) is 23.4 Å². The molecule has 3 amide bonds. The first kappa shape index (κ1) is 62.9. The van der Waals surface area contributed by atoms with Crippen LogP contribution in [0, 0.1) is 0 Å². The van der Waals surface area contributed by atoms with Gasteiger partial charge >= 0.3 is 47.5 Å². The summed E-state index contributed by atoms with van der Waals surface area (Å²) in [7, 11) is -4.91. The average molecular weight is 951 g/mol. The Hall–Kier alpha value is -2.13. The van der Waals surface area contributed by atoms with Crippen molar-refractivity contribution in [3.05, 3.63) is 12.2 Å². The number of carbonyl (C=O) groups excluding carboxylic acids is 6. The SMILES string of the molecule is CCCCCCCC/C=C\CCCCCCCC(=O)O[C@H](COC(=O)CCCCCCCCCCCCCCC)COP(=O)([O-])OCCNC(=O)CCCC(=O)ON1C(=O)CCC1=O.[Na+]. The fourth-order valence-electron chi connectivity index (χ4n) is 7.09. The zero-order valence-corrected chi connectivity index (χ0v) is 43.5. The fraction of sp³-hybridized carbons (Fsp3) is 0.833. The van der Waals surface area contributed by atoms with Gasteiger partial charge in [-0.2, -0.15) is 0 Å². The van der Waals surface area contributed by atoms with Gasteiger partial charge in [-0.05, 0) is 44.9 Å². The summed E-state index contributed by atoms with van der Waals surface area (Å²) in [5.41, 5.74) is 0. The molecule has 0 aromatic heterocycles. The quantitative estimate of drug-likeness (QED) is 0.0159. The van der Waals surface area contributed by atoms with Gasteiger partial charge in [0, 0.05) is 45.1 Å². The second kappa shape index (κ2) is 43.2. The Balaban J connectivity index is 0.0000410. The number of esters is 2. The maximum atomic E-state index is 12.8. The number of phosphoric acid groups is 1. The molecule has 1 saturated heterocycles. The van der Waals surface area contributed by atoms with Crippen molar-refractivity contribution < 1.29 is 91.1 Å². The molecule has 1 aliphatic heterocycles. The first-order chi connectivity index (χ1) is 31.0. The van der Waals surface area contributed by atoms with Crippen molar-refractivity contribution in [3.63, 3.8) is 0 Å². The van der Waals surface area contributed by atoms with E-state index in [1.807, 2.05) is 0 Å². The minimum atomic E-state index is -4.91. The number of imide groups is 1. The van der Waals surface area contributed by atoms with Gasteiger partial charge < -0.3 is 33.6 Å². The summed E-state index contributed by atoms with van der Waals surface area (Å²) in [5, 5.41) is 2.89. The van der Waals surface area contributed by atoms with Gasteiger partial charge in [0.2, 0.25) is 5.91 Å². The molecule has 370 valence electrons. The maximum Gasteiger partial charge on any atom is 1.00 e. The minimum Gasteiger partial charge on any atom is -0.756 e. The van der Waals surface area contributed by atoms with Crippen LogP contribution in [-0.4, -0.2) is 73.2 Å². The number of rotatable bonds is 44. The number of unbranched alkanes of at least 4 members (excludes halogenated alkanes) is 23. The molecule has 0 spiro atoms. The van der Waals surface area contributed by atoms with Gasteiger partial charge in [-0.3, -0.25) is 28.5 Å². The normalized spacial score (nSPS) is 14.0. The van der Waals surface area contributed by atoms with Crippen LogP contribution in [0.15, 0.2) is 12.2 Å². The van der Waals surface area contributed by atoms with Crippen LogP contribution >= 0.6 is 7.82 Å². The van der Waals surface area contributed by atoms with Crippen LogP contribution in [0.3, 0.4) is 0 Å². The third-order valence-corrected chi connectivity index (χ3v) is 11.9. The number of nitrogens with zero attached hydrogens (tertiary/aromatic N) is 1. The second-order valence-corrected chi connectivity index (χ2v) is 18.4. The fourth-order valence-corrected chi connectivity index (χ4v) is 7.83. The summed E-state index contributed by atoms with van der Waals surface area (Å²) in [6, 6.07) is 0. The van der Waals surface area contributed by atoms with Crippen molar-refractivity contribution in [1.29, 1.82) is 0 Å². The van der Waals surface area contributed by atoms with Crippen LogP contribution in [0.2, 0.25) is 0 Å². The number of hydroxylamine groups is 2. The predicted octanol–water partition coefficient (Wildman–Crippen LogP) is 7.36. The summed E-state index contributed by atoms with van der Waals surface area (Å²) < 4.78 is 33.3. The van der Waals surface area contributed by atoms with E-state index in [9.17, 15) is 38.2 Å². The molecule has 1 heterocycles.